The fourth-order valence-electron chi connectivity index (χ4n) is 2.39. The molecule has 0 saturated heterocycles. The second kappa shape index (κ2) is 10.4. The zero-order chi connectivity index (χ0) is 17.9. The van der Waals surface area contributed by atoms with Crippen LogP contribution in [0.5, 0.6) is 0 Å². The molecule has 0 saturated carbocycles. The normalized spacial score (nSPS) is 12.9. The van der Waals surface area contributed by atoms with E-state index >= 15 is 0 Å². The number of esters is 1. The summed E-state index contributed by atoms with van der Waals surface area (Å²) in [5.41, 5.74) is 5.71. The van der Waals surface area contributed by atoms with Crippen LogP contribution in [-0.4, -0.2) is 30.4 Å². The monoisotopic (exact) mass is 334 g/mol. The van der Waals surface area contributed by atoms with Crippen LogP contribution >= 0.6 is 0 Å². The lowest BCUT2D eigenvalue weighted by molar-refractivity contribution is -0.128. The van der Waals surface area contributed by atoms with Gasteiger partial charge in [-0.05, 0) is 25.0 Å². The molecule has 0 spiro atoms. The molecule has 6 nitrogen and oxygen atoms in total. The predicted octanol–water partition coefficient (Wildman–Crippen LogP) is 2.03. The van der Waals surface area contributed by atoms with Gasteiger partial charge >= 0.3 is 5.97 Å². The number of carbonyl (C=O) groups is 3. The molecular weight excluding hydrogens is 308 g/mol. The Morgan fingerprint density at radius 1 is 1.17 bits per heavy atom. The molecule has 0 radical (unpaired) electrons. The van der Waals surface area contributed by atoms with Gasteiger partial charge in [0.1, 0.15) is 6.04 Å². The first-order chi connectivity index (χ1) is 11.5. The van der Waals surface area contributed by atoms with Gasteiger partial charge < -0.3 is 15.8 Å². The molecule has 3 N–H and O–H groups in total. The summed E-state index contributed by atoms with van der Waals surface area (Å²) in [6.07, 6.45) is 2.26. The predicted molar refractivity (Wildman–Crippen MR) is 91.2 cm³/mol. The summed E-state index contributed by atoms with van der Waals surface area (Å²) < 4.78 is 5.31. The van der Waals surface area contributed by atoms with E-state index in [0.717, 1.165) is 12.8 Å². The van der Waals surface area contributed by atoms with Crippen molar-refractivity contribution in [3.63, 3.8) is 0 Å². The highest BCUT2D eigenvalue weighted by molar-refractivity contribution is 5.89. The summed E-state index contributed by atoms with van der Waals surface area (Å²) >= 11 is 0. The van der Waals surface area contributed by atoms with E-state index in [0.29, 0.717) is 12.0 Å². The maximum absolute atomic E-state index is 12.1. The maximum Gasteiger partial charge on any atom is 0.338 e. The minimum atomic E-state index is -0.661. The van der Waals surface area contributed by atoms with Gasteiger partial charge in [-0.1, -0.05) is 38.5 Å². The summed E-state index contributed by atoms with van der Waals surface area (Å²) in [6.45, 7) is 3.95. The average molecular weight is 334 g/mol. The van der Waals surface area contributed by atoms with E-state index in [1.807, 2.05) is 13.0 Å². The molecule has 1 aromatic rings. The topological polar surface area (TPSA) is 98.5 Å². The zero-order valence-corrected chi connectivity index (χ0v) is 14.3. The molecule has 1 aromatic carbocycles. The van der Waals surface area contributed by atoms with Crippen molar-refractivity contribution in [3.05, 3.63) is 35.9 Å². The Hall–Kier alpha value is -2.37. The number of rotatable bonds is 10. The molecule has 0 heterocycles. The van der Waals surface area contributed by atoms with Crippen molar-refractivity contribution in [2.75, 3.05) is 6.61 Å². The number of carbonyl (C=O) groups excluding carboxylic acids is 3. The molecule has 6 heteroatoms. The number of ether oxygens (including phenoxy) is 1. The fourth-order valence-corrected chi connectivity index (χ4v) is 2.39. The van der Waals surface area contributed by atoms with Gasteiger partial charge in [-0.15, -0.1) is 0 Å². The second-order valence-electron chi connectivity index (χ2n) is 5.75. The Balaban J connectivity index is 2.52. The van der Waals surface area contributed by atoms with Gasteiger partial charge in [0.05, 0.1) is 12.2 Å². The Kier molecular flexibility index (Phi) is 8.54. The Bertz CT molecular complexity index is 545. The quantitative estimate of drug-likeness (QED) is 0.640. The van der Waals surface area contributed by atoms with Gasteiger partial charge in [0.25, 0.3) is 0 Å². The summed E-state index contributed by atoms with van der Waals surface area (Å²) in [7, 11) is 0. The van der Waals surface area contributed by atoms with Crippen molar-refractivity contribution in [2.45, 2.75) is 45.6 Å². The molecule has 0 aromatic heterocycles. The fraction of sp³-hybridized carbons (Fsp3) is 0.500. The van der Waals surface area contributed by atoms with Crippen LogP contribution in [0.1, 0.15) is 49.9 Å². The summed E-state index contributed by atoms with van der Waals surface area (Å²) in [5, 5.41) is 2.62. The molecule has 24 heavy (non-hydrogen) atoms. The second-order valence-corrected chi connectivity index (χ2v) is 5.75. The molecule has 0 fully saturated rings. The molecule has 0 aliphatic heterocycles. The minimum absolute atomic E-state index is 0.0898. The highest BCUT2D eigenvalue weighted by Crippen LogP contribution is 2.13. The lowest BCUT2D eigenvalue weighted by atomic mass is 10.00. The molecule has 2 unspecified atom stereocenters. The third-order valence-electron chi connectivity index (χ3n) is 3.72. The number of amides is 2. The van der Waals surface area contributed by atoms with Gasteiger partial charge in [0.15, 0.2) is 0 Å². The van der Waals surface area contributed by atoms with Crippen LogP contribution in [0, 0.1) is 5.92 Å². The first-order valence-electron chi connectivity index (χ1n) is 8.28. The molecule has 2 amide bonds. The standard InChI is InChI=1S/C18H26N2O4/c1-3-8-13(11-16(21)20-15(4-2)17(19)22)12-24-18(23)14-9-6-5-7-10-14/h5-7,9-10,13,15H,3-4,8,11-12H2,1-2H3,(H2,19,22)(H,20,21). The van der Waals surface area contributed by atoms with E-state index in [2.05, 4.69) is 5.32 Å². The third-order valence-corrected chi connectivity index (χ3v) is 3.72. The molecule has 0 aliphatic rings. The van der Waals surface area contributed by atoms with Crippen LogP contribution in [0.2, 0.25) is 0 Å². The van der Waals surface area contributed by atoms with Crippen molar-refractivity contribution >= 4 is 17.8 Å². The lowest BCUT2D eigenvalue weighted by Gasteiger charge is -2.18. The number of hydrogen-bond donors (Lipinski definition) is 2. The molecular formula is C18H26N2O4. The largest absolute Gasteiger partial charge is 0.462 e. The van der Waals surface area contributed by atoms with E-state index < -0.39 is 17.9 Å². The maximum atomic E-state index is 12.1. The zero-order valence-electron chi connectivity index (χ0n) is 14.3. The van der Waals surface area contributed by atoms with Crippen molar-refractivity contribution < 1.29 is 19.1 Å². The number of nitrogens with two attached hydrogens (primary N) is 1. The van der Waals surface area contributed by atoms with Crippen molar-refractivity contribution in [1.82, 2.24) is 5.32 Å². The SMILES string of the molecule is CCCC(COC(=O)c1ccccc1)CC(=O)NC(CC)C(N)=O. The summed E-state index contributed by atoms with van der Waals surface area (Å²) in [6, 6.07) is 8.06. The van der Waals surface area contributed by atoms with Gasteiger partial charge in [-0.25, -0.2) is 4.79 Å². The Morgan fingerprint density at radius 3 is 2.38 bits per heavy atom. The van der Waals surface area contributed by atoms with E-state index in [-0.39, 0.29) is 24.9 Å². The average Bonchev–Trinajstić information content (AvgIpc) is 2.58. The Morgan fingerprint density at radius 2 is 1.83 bits per heavy atom. The van der Waals surface area contributed by atoms with E-state index in [1.165, 1.54) is 0 Å². The first kappa shape index (κ1) is 19.7. The van der Waals surface area contributed by atoms with Crippen LogP contribution in [-0.2, 0) is 14.3 Å². The number of hydrogen-bond acceptors (Lipinski definition) is 4. The highest BCUT2D eigenvalue weighted by Gasteiger charge is 2.20. The molecule has 132 valence electrons. The van der Waals surface area contributed by atoms with Crippen molar-refractivity contribution in [2.24, 2.45) is 11.7 Å². The van der Waals surface area contributed by atoms with Crippen molar-refractivity contribution in [1.29, 1.82) is 0 Å². The third kappa shape index (κ3) is 6.81. The molecule has 0 aliphatic carbocycles. The number of nitrogens with one attached hydrogen (secondary N) is 1. The van der Waals surface area contributed by atoms with E-state index in [4.69, 9.17) is 10.5 Å². The molecule has 0 bridgehead atoms. The number of benzene rings is 1. The van der Waals surface area contributed by atoms with Crippen LogP contribution in [0.25, 0.3) is 0 Å². The Labute approximate surface area is 142 Å². The first-order valence-corrected chi connectivity index (χ1v) is 8.28. The highest BCUT2D eigenvalue weighted by atomic mass is 16.5. The van der Waals surface area contributed by atoms with Gasteiger partial charge in [-0.3, -0.25) is 9.59 Å². The van der Waals surface area contributed by atoms with Crippen LogP contribution in [0.4, 0.5) is 0 Å². The number of primary amides is 1. The summed E-state index contributed by atoms with van der Waals surface area (Å²) in [5.74, 6) is -1.29. The smallest absolute Gasteiger partial charge is 0.338 e. The van der Waals surface area contributed by atoms with Crippen LogP contribution < -0.4 is 11.1 Å². The van der Waals surface area contributed by atoms with Crippen LogP contribution in [0.3, 0.4) is 0 Å². The molecule has 2 atom stereocenters. The van der Waals surface area contributed by atoms with E-state index in [1.54, 1.807) is 31.2 Å². The molecule has 1 rings (SSSR count). The minimum Gasteiger partial charge on any atom is -0.462 e. The van der Waals surface area contributed by atoms with Gasteiger partial charge in [0, 0.05) is 12.3 Å². The van der Waals surface area contributed by atoms with Crippen LogP contribution in [0.15, 0.2) is 30.3 Å². The van der Waals surface area contributed by atoms with Gasteiger partial charge in [0.2, 0.25) is 11.8 Å². The van der Waals surface area contributed by atoms with Gasteiger partial charge in [-0.2, -0.15) is 0 Å². The lowest BCUT2D eigenvalue weighted by Crippen LogP contribution is -2.44. The summed E-state index contributed by atoms with van der Waals surface area (Å²) in [4.78, 5) is 35.2. The van der Waals surface area contributed by atoms with Crippen molar-refractivity contribution in [3.8, 4) is 0 Å². The van der Waals surface area contributed by atoms with E-state index in [9.17, 15) is 14.4 Å².